The quantitative estimate of drug-likeness (QED) is 0.788. The zero-order valence-corrected chi connectivity index (χ0v) is 10.6. The molecule has 2 nitrogen and oxygen atoms in total. The molecule has 1 aromatic rings. The smallest absolute Gasteiger partial charge is 0.128 e. The van der Waals surface area contributed by atoms with Gasteiger partial charge >= 0.3 is 0 Å². The van der Waals surface area contributed by atoms with E-state index in [-0.39, 0.29) is 11.1 Å². The predicted molar refractivity (Wildman–Crippen MR) is 66.7 cm³/mol. The van der Waals surface area contributed by atoms with Crippen LogP contribution < -0.4 is 10.5 Å². The van der Waals surface area contributed by atoms with E-state index in [9.17, 15) is 0 Å². The Morgan fingerprint density at radius 3 is 2.62 bits per heavy atom. The number of ether oxygens (including phenoxy) is 1. The molecule has 1 aliphatic rings. The monoisotopic (exact) mass is 219 g/mol. The summed E-state index contributed by atoms with van der Waals surface area (Å²) in [6.07, 6.45) is 2.14. The van der Waals surface area contributed by atoms with E-state index in [0.717, 1.165) is 24.2 Å². The Morgan fingerprint density at radius 2 is 2.00 bits per heavy atom. The molecule has 0 bridgehead atoms. The van der Waals surface area contributed by atoms with Crippen LogP contribution in [-0.2, 0) is 12.0 Å². The molecule has 0 aromatic heterocycles. The molecule has 1 aliphatic heterocycles. The molecule has 2 heteroatoms. The summed E-state index contributed by atoms with van der Waals surface area (Å²) in [5.41, 5.74) is 8.16. The van der Waals surface area contributed by atoms with Crippen molar-refractivity contribution in [3.05, 3.63) is 29.3 Å². The number of rotatable bonds is 1. The SMILES string of the molecule is CC1(C)CCc2cccc(C(C)(C)N)c2O1. The van der Waals surface area contributed by atoms with E-state index < -0.39 is 0 Å². The molecular formula is C14H21NO. The minimum absolute atomic E-state index is 0.0750. The maximum Gasteiger partial charge on any atom is 0.128 e. The molecule has 88 valence electrons. The zero-order valence-electron chi connectivity index (χ0n) is 10.6. The van der Waals surface area contributed by atoms with Gasteiger partial charge in [-0.1, -0.05) is 18.2 Å². The molecular weight excluding hydrogens is 198 g/mol. The van der Waals surface area contributed by atoms with Gasteiger partial charge in [-0.05, 0) is 46.1 Å². The summed E-state index contributed by atoms with van der Waals surface area (Å²) in [6.45, 7) is 8.31. The van der Waals surface area contributed by atoms with Crippen LogP contribution in [0.4, 0.5) is 0 Å². The van der Waals surface area contributed by atoms with E-state index in [1.807, 2.05) is 13.8 Å². The maximum absolute atomic E-state index is 6.19. The van der Waals surface area contributed by atoms with Gasteiger partial charge in [0.2, 0.25) is 0 Å². The van der Waals surface area contributed by atoms with Crippen LogP contribution in [0, 0.1) is 0 Å². The Morgan fingerprint density at radius 1 is 1.31 bits per heavy atom. The summed E-state index contributed by atoms with van der Waals surface area (Å²) in [7, 11) is 0. The van der Waals surface area contributed by atoms with Crippen molar-refractivity contribution in [1.82, 2.24) is 0 Å². The van der Waals surface area contributed by atoms with E-state index in [0.29, 0.717) is 0 Å². The Labute approximate surface area is 97.8 Å². The molecule has 0 amide bonds. The largest absolute Gasteiger partial charge is 0.487 e. The fourth-order valence-corrected chi connectivity index (χ4v) is 2.17. The maximum atomic E-state index is 6.19. The first-order valence-electron chi connectivity index (χ1n) is 5.90. The minimum atomic E-state index is -0.348. The molecule has 0 fully saturated rings. The summed E-state index contributed by atoms with van der Waals surface area (Å²) in [5.74, 6) is 1.01. The van der Waals surface area contributed by atoms with Gasteiger partial charge in [0.25, 0.3) is 0 Å². The van der Waals surface area contributed by atoms with Gasteiger partial charge in [-0.2, -0.15) is 0 Å². The highest BCUT2D eigenvalue weighted by molar-refractivity contribution is 5.46. The van der Waals surface area contributed by atoms with Crippen molar-refractivity contribution in [1.29, 1.82) is 0 Å². The molecule has 16 heavy (non-hydrogen) atoms. The first-order valence-corrected chi connectivity index (χ1v) is 5.90. The molecule has 0 unspecified atom stereocenters. The predicted octanol–water partition coefficient (Wildman–Crippen LogP) is 2.98. The van der Waals surface area contributed by atoms with Gasteiger partial charge in [-0.3, -0.25) is 0 Å². The van der Waals surface area contributed by atoms with Gasteiger partial charge in [0.1, 0.15) is 11.4 Å². The average molecular weight is 219 g/mol. The van der Waals surface area contributed by atoms with Crippen molar-refractivity contribution in [2.24, 2.45) is 5.73 Å². The topological polar surface area (TPSA) is 35.2 Å². The van der Waals surface area contributed by atoms with Crippen molar-refractivity contribution < 1.29 is 4.74 Å². The lowest BCUT2D eigenvalue weighted by Crippen LogP contribution is -2.36. The molecule has 0 atom stereocenters. The number of nitrogens with two attached hydrogens (primary N) is 1. The standard InChI is InChI=1S/C14H21NO/c1-13(2)9-8-10-6-5-7-11(12(10)16-13)14(3,4)15/h5-7H,8-9,15H2,1-4H3. The Balaban J connectivity index is 2.51. The number of hydrogen-bond acceptors (Lipinski definition) is 2. The highest BCUT2D eigenvalue weighted by atomic mass is 16.5. The first-order chi connectivity index (χ1) is 7.30. The second-order valence-electron chi connectivity index (χ2n) is 5.88. The Kier molecular flexibility index (Phi) is 2.50. The van der Waals surface area contributed by atoms with E-state index in [4.69, 9.17) is 10.5 Å². The van der Waals surface area contributed by atoms with Gasteiger partial charge in [0.05, 0.1) is 0 Å². The lowest BCUT2D eigenvalue weighted by atomic mass is 9.87. The normalized spacial score (nSPS) is 18.8. The average Bonchev–Trinajstić information content (AvgIpc) is 2.13. The number of fused-ring (bicyclic) bond motifs is 1. The summed E-state index contributed by atoms with van der Waals surface area (Å²) in [5, 5.41) is 0. The van der Waals surface area contributed by atoms with Crippen LogP contribution in [0.15, 0.2) is 18.2 Å². The molecule has 0 saturated carbocycles. The number of hydrogen-bond donors (Lipinski definition) is 1. The molecule has 1 heterocycles. The van der Waals surface area contributed by atoms with Crippen molar-refractivity contribution in [2.45, 2.75) is 51.7 Å². The van der Waals surface area contributed by atoms with Crippen LogP contribution in [-0.4, -0.2) is 5.60 Å². The fraction of sp³-hybridized carbons (Fsp3) is 0.571. The highest BCUT2D eigenvalue weighted by Gasteiger charge is 2.31. The van der Waals surface area contributed by atoms with Crippen molar-refractivity contribution in [3.63, 3.8) is 0 Å². The van der Waals surface area contributed by atoms with Crippen LogP contribution >= 0.6 is 0 Å². The number of benzene rings is 1. The van der Waals surface area contributed by atoms with Crippen LogP contribution in [0.5, 0.6) is 5.75 Å². The molecule has 2 N–H and O–H groups in total. The molecule has 0 radical (unpaired) electrons. The third-order valence-electron chi connectivity index (χ3n) is 3.17. The fourth-order valence-electron chi connectivity index (χ4n) is 2.17. The van der Waals surface area contributed by atoms with Crippen LogP contribution in [0.25, 0.3) is 0 Å². The molecule has 2 rings (SSSR count). The lowest BCUT2D eigenvalue weighted by molar-refractivity contribution is 0.0818. The lowest BCUT2D eigenvalue weighted by Gasteiger charge is -2.36. The number of para-hydroxylation sites is 1. The van der Waals surface area contributed by atoms with Crippen LogP contribution in [0.3, 0.4) is 0 Å². The second kappa shape index (κ2) is 3.49. The van der Waals surface area contributed by atoms with Crippen molar-refractivity contribution >= 4 is 0 Å². The van der Waals surface area contributed by atoms with Gasteiger partial charge in [-0.15, -0.1) is 0 Å². The third kappa shape index (κ3) is 2.07. The van der Waals surface area contributed by atoms with E-state index in [1.165, 1.54) is 5.56 Å². The zero-order chi connectivity index (χ0) is 12.0. The summed E-state index contributed by atoms with van der Waals surface area (Å²) >= 11 is 0. The Bertz CT molecular complexity index is 402. The van der Waals surface area contributed by atoms with E-state index in [2.05, 4.69) is 32.0 Å². The van der Waals surface area contributed by atoms with E-state index >= 15 is 0 Å². The third-order valence-corrected chi connectivity index (χ3v) is 3.17. The molecule has 0 aliphatic carbocycles. The van der Waals surface area contributed by atoms with E-state index in [1.54, 1.807) is 0 Å². The van der Waals surface area contributed by atoms with Gasteiger partial charge < -0.3 is 10.5 Å². The molecule has 0 saturated heterocycles. The molecule has 1 aromatic carbocycles. The first kappa shape index (κ1) is 11.5. The second-order valence-corrected chi connectivity index (χ2v) is 5.88. The van der Waals surface area contributed by atoms with Crippen molar-refractivity contribution in [3.8, 4) is 5.75 Å². The number of aryl methyl sites for hydroxylation is 1. The summed E-state index contributed by atoms with van der Waals surface area (Å²) in [4.78, 5) is 0. The van der Waals surface area contributed by atoms with Crippen LogP contribution in [0.2, 0.25) is 0 Å². The van der Waals surface area contributed by atoms with Gasteiger partial charge in [-0.25, -0.2) is 0 Å². The van der Waals surface area contributed by atoms with Crippen LogP contribution in [0.1, 0.15) is 45.2 Å². The molecule has 0 spiro atoms. The summed E-state index contributed by atoms with van der Waals surface area (Å²) in [6, 6.07) is 6.28. The van der Waals surface area contributed by atoms with Crippen molar-refractivity contribution in [2.75, 3.05) is 0 Å². The van der Waals surface area contributed by atoms with Gasteiger partial charge in [0.15, 0.2) is 0 Å². The van der Waals surface area contributed by atoms with Gasteiger partial charge in [0, 0.05) is 11.1 Å². The summed E-state index contributed by atoms with van der Waals surface area (Å²) < 4.78 is 6.10. The Hall–Kier alpha value is -1.02. The minimum Gasteiger partial charge on any atom is -0.487 e. The highest BCUT2D eigenvalue weighted by Crippen LogP contribution is 2.39.